The molecule has 7 N–H and O–H groups in total. The van der Waals surface area contributed by atoms with Gasteiger partial charge in [-0.25, -0.2) is 67.4 Å². The molecule has 0 bridgehead atoms. The number of nitrogens with one attached hydrogen (secondary N) is 3. The molecule has 4 aromatic carbocycles. The molecule has 0 fully saturated rings. The molecule has 10 aromatic heterocycles. The fraction of sp³-hybridized carbons (Fsp3) is 0.0645. The Balaban J connectivity index is 0.000000139. The van der Waals surface area contributed by atoms with Crippen molar-refractivity contribution in [2.24, 2.45) is 14.1 Å². The first-order chi connectivity index (χ1) is 46.9. The number of hydrogen-bond acceptors (Lipinski definition) is 14. The Morgan fingerprint density at radius 2 is 0.798 bits per heavy atom. The van der Waals surface area contributed by atoms with Gasteiger partial charge in [0.1, 0.15) is 69.6 Å². The van der Waals surface area contributed by atoms with Gasteiger partial charge in [0, 0.05) is 14.1 Å². The molecule has 0 spiro atoms. The smallest absolute Gasteiger partial charge is 0.381 e. The molecule has 37 heteroatoms. The molecule has 504 valence electrons. The van der Waals surface area contributed by atoms with Gasteiger partial charge in [0.15, 0.2) is 45.7 Å². The Labute approximate surface area is 603 Å². The van der Waals surface area contributed by atoms with Crippen LogP contribution < -0.4 is 11.5 Å². The van der Waals surface area contributed by atoms with Crippen molar-refractivity contribution in [3.63, 3.8) is 0 Å². The van der Waals surface area contributed by atoms with Crippen LogP contribution in [0.4, 0.5) is 55.5 Å². The lowest BCUT2D eigenvalue weighted by Crippen LogP contribution is -2.06. The van der Waals surface area contributed by atoms with Crippen LogP contribution in [-0.4, -0.2) is 84.4 Å². The van der Waals surface area contributed by atoms with E-state index in [1.807, 2.05) is 0 Å². The fourth-order valence-corrected chi connectivity index (χ4v) is 11.2. The third-order valence-corrected chi connectivity index (χ3v) is 16.3. The average molecular weight is 1700 g/mol. The predicted octanol–water partition coefficient (Wildman–Crippen LogP) is 18.5. The zero-order valence-corrected chi connectivity index (χ0v) is 58.8. The SMILES string of the molecule is Cn1nc(C(F)(F)F)cc1-c1cnc2[nH]c(-c3c(F)cccc3Cl)cc2n1.Cn1nc(C(F)(F)F)cc1-c1cnc2[nH]c(-c3c(F)cccc3Cl)cc2n1.Fc1cccc(Cl)c1-c1cc2nc(Br)cnc2[nH]1.Nc1ncc(Br)nc1Br.Nc1ncc(Br)nc1C#Cc1c(F)cccc1Cl. The van der Waals surface area contributed by atoms with Crippen LogP contribution >= 0.6 is 110 Å². The highest BCUT2D eigenvalue weighted by molar-refractivity contribution is 9.11. The number of nitrogens with two attached hydrogens (primary N) is 2. The Morgan fingerprint density at radius 3 is 1.18 bits per heavy atom. The lowest BCUT2D eigenvalue weighted by Gasteiger charge is -2.02. The van der Waals surface area contributed by atoms with Gasteiger partial charge in [-0.05, 0) is 149 Å². The highest BCUT2D eigenvalue weighted by Crippen LogP contribution is 2.37. The van der Waals surface area contributed by atoms with Crippen molar-refractivity contribution in [2.75, 3.05) is 11.5 Å². The number of alkyl halides is 6. The molecule has 0 amide bonds. The van der Waals surface area contributed by atoms with E-state index < -0.39 is 41.2 Å². The predicted molar refractivity (Wildman–Crippen MR) is 368 cm³/mol. The van der Waals surface area contributed by atoms with Gasteiger partial charge in [0.2, 0.25) is 0 Å². The summed E-state index contributed by atoms with van der Waals surface area (Å²) in [7, 11) is 2.77. The van der Waals surface area contributed by atoms with Gasteiger partial charge in [-0.1, -0.05) is 76.6 Å². The molecule has 0 atom stereocenters. The number of aryl methyl sites for hydroxylation is 2. The summed E-state index contributed by atoms with van der Waals surface area (Å²) in [4.78, 5) is 49.8. The summed E-state index contributed by atoms with van der Waals surface area (Å²) in [5.74, 6) is 3.93. The van der Waals surface area contributed by atoms with Gasteiger partial charge >= 0.3 is 12.4 Å². The highest BCUT2D eigenvalue weighted by Gasteiger charge is 2.36. The van der Waals surface area contributed by atoms with E-state index in [2.05, 4.69) is 151 Å². The molecule has 99 heavy (non-hydrogen) atoms. The van der Waals surface area contributed by atoms with E-state index in [-0.39, 0.29) is 71.9 Å². The van der Waals surface area contributed by atoms with Crippen LogP contribution in [0.3, 0.4) is 0 Å². The van der Waals surface area contributed by atoms with Crippen molar-refractivity contribution in [1.82, 2.24) is 84.4 Å². The van der Waals surface area contributed by atoms with Crippen molar-refractivity contribution in [1.29, 1.82) is 0 Å². The van der Waals surface area contributed by atoms with E-state index in [4.69, 9.17) is 57.9 Å². The minimum Gasteiger partial charge on any atom is -0.381 e. The minimum absolute atomic E-state index is 0.111. The number of nitrogens with zero attached hydrogens (tertiary/aromatic N) is 14. The van der Waals surface area contributed by atoms with Gasteiger partial charge in [-0.3, -0.25) is 9.36 Å². The van der Waals surface area contributed by atoms with Crippen molar-refractivity contribution in [3.8, 4) is 68.4 Å². The maximum absolute atomic E-state index is 14.1. The maximum atomic E-state index is 14.1. The van der Waals surface area contributed by atoms with Crippen LogP contribution in [0.1, 0.15) is 22.6 Å². The first kappa shape index (κ1) is 72.6. The number of halogens is 18. The number of nitrogen functional groups attached to an aromatic ring is 2. The number of aromatic nitrogens is 17. The summed E-state index contributed by atoms with van der Waals surface area (Å²) in [5.41, 5.74) is 14.6. The zero-order valence-electron chi connectivity index (χ0n) is 49.4. The van der Waals surface area contributed by atoms with Gasteiger partial charge in [0.05, 0.1) is 102 Å². The monoisotopic (exact) mass is 1690 g/mol. The lowest BCUT2D eigenvalue weighted by molar-refractivity contribution is -0.142. The normalized spacial score (nSPS) is 11.2. The third-order valence-electron chi connectivity index (χ3n) is 13.3. The number of fused-ring (bicyclic) bond motifs is 3. The van der Waals surface area contributed by atoms with Crippen LogP contribution in [0, 0.1) is 35.1 Å². The molecule has 0 radical (unpaired) electrons. The van der Waals surface area contributed by atoms with Crippen LogP contribution in [0.5, 0.6) is 0 Å². The minimum atomic E-state index is -4.56. The average Bonchev–Trinajstić information content (AvgIpc) is 1.63. The van der Waals surface area contributed by atoms with E-state index >= 15 is 0 Å². The van der Waals surface area contributed by atoms with E-state index in [1.165, 1.54) is 87.3 Å². The van der Waals surface area contributed by atoms with Crippen molar-refractivity contribution in [2.45, 2.75) is 12.4 Å². The molecular formula is C62H35Br4Cl4F10N19. The van der Waals surface area contributed by atoms with E-state index in [0.29, 0.717) is 85.4 Å². The summed E-state index contributed by atoms with van der Waals surface area (Å²) >= 11 is 36.6. The second-order valence-electron chi connectivity index (χ2n) is 20.0. The lowest BCUT2D eigenvalue weighted by atomic mass is 10.1. The summed E-state index contributed by atoms with van der Waals surface area (Å²) in [6, 6.07) is 24.1. The summed E-state index contributed by atoms with van der Waals surface area (Å²) in [6.45, 7) is 0. The fourth-order valence-electron chi connectivity index (χ4n) is 8.85. The molecule has 14 aromatic rings. The molecule has 0 saturated carbocycles. The summed E-state index contributed by atoms with van der Waals surface area (Å²) in [6.07, 6.45) is -1.90. The number of H-pyrrole nitrogens is 3. The largest absolute Gasteiger partial charge is 0.435 e. The molecule has 0 aliphatic rings. The number of hydrogen-bond donors (Lipinski definition) is 5. The third kappa shape index (κ3) is 17.3. The topological polar surface area (TPSA) is 264 Å². The Hall–Kier alpha value is -9.14. The second-order valence-corrected chi connectivity index (χ2v) is 24.8. The van der Waals surface area contributed by atoms with E-state index in [9.17, 15) is 43.9 Å². The maximum Gasteiger partial charge on any atom is 0.435 e. The molecule has 0 aliphatic carbocycles. The van der Waals surface area contributed by atoms with Crippen LogP contribution in [-0.2, 0) is 26.4 Å². The first-order valence-corrected chi connectivity index (χ1v) is 32.1. The summed E-state index contributed by atoms with van der Waals surface area (Å²) in [5, 5.41) is 7.94. The Bertz CT molecular complexity index is 5160. The molecule has 0 saturated heterocycles. The molecule has 0 aliphatic heterocycles. The standard InChI is InChI=1S/2C17H10ClF4N5.2C12H6BrClFN3.C4H3Br2N3/c2*1-27-13(6-14(26-27)17(20,21)22)12-7-23-16-11(24-12)5-10(25-16)15-8(18)3-2-4-9(15)19;13-10-5-16-12-9(17-10)4-8(18-12)11-6(14)2-1-3-7(11)15;13-11-6-17-12(16)10(18-11)5-4-7-8(14)2-1-3-9(7)15;5-2-1-8-4(7)3(6)9-2/h2*2-7H,1H3,(H,23,25);1-5H,(H,16,18);1-3,6H,(H2,16,17);1H,(H2,7,8). The Morgan fingerprint density at radius 1 is 0.434 bits per heavy atom. The van der Waals surface area contributed by atoms with Crippen LogP contribution in [0.15, 0.2) is 153 Å². The molecule has 14 rings (SSSR count). The molecular weight excluding hydrogens is 1660 g/mol. The molecule has 19 nitrogen and oxygen atoms in total. The number of anilines is 2. The van der Waals surface area contributed by atoms with Gasteiger partial charge in [-0.2, -0.15) is 36.5 Å². The molecule has 10 heterocycles. The number of rotatable bonds is 5. The van der Waals surface area contributed by atoms with Crippen LogP contribution in [0.2, 0.25) is 20.1 Å². The van der Waals surface area contributed by atoms with E-state index in [0.717, 1.165) is 21.5 Å². The van der Waals surface area contributed by atoms with Crippen LogP contribution in [0.25, 0.3) is 90.0 Å². The van der Waals surface area contributed by atoms with Gasteiger partial charge in [0.25, 0.3) is 0 Å². The molecule has 0 unspecified atom stereocenters. The number of aromatic amines is 3. The van der Waals surface area contributed by atoms with Crippen molar-refractivity contribution in [3.05, 3.63) is 219 Å². The summed E-state index contributed by atoms with van der Waals surface area (Å²) < 4.78 is 137. The van der Waals surface area contributed by atoms with Crippen molar-refractivity contribution < 1.29 is 43.9 Å². The number of benzene rings is 4. The van der Waals surface area contributed by atoms with Gasteiger partial charge < -0.3 is 26.4 Å². The second kappa shape index (κ2) is 30.5. The van der Waals surface area contributed by atoms with E-state index in [1.54, 1.807) is 48.8 Å². The quantitative estimate of drug-likeness (QED) is 0.0793. The van der Waals surface area contributed by atoms with Gasteiger partial charge in [-0.15, -0.1) is 0 Å². The van der Waals surface area contributed by atoms with Crippen molar-refractivity contribution >= 4 is 155 Å². The first-order valence-electron chi connectivity index (χ1n) is 27.4. The highest BCUT2D eigenvalue weighted by atomic mass is 79.9. The Kier molecular flexibility index (Phi) is 22.4. The zero-order chi connectivity index (χ0) is 71.4.